The lowest BCUT2D eigenvalue weighted by Gasteiger charge is -2.09. The first-order chi connectivity index (χ1) is 12.1. The third-order valence-corrected chi connectivity index (χ3v) is 3.48. The molecule has 0 radical (unpaired) electrons. The van der Waals surface area contributed by atoms with Crippen LogP contribution in [0.4, 0.5) is 16.0 Å². The van der Waals surface area contributed by atoms with Crippen molar-refractivity contribution >= 4 is 17.5 Å². The fourth-order valence-corrected chi connectivity index (χ4v) is 2.27. The van der Waals surface area contributed by atoms with Crippen LogP contribution in [0.2, 0.25) is 0 Å². The van der Waals surface area contributed by atoms with Gasteiger partial charge in [-0.05, 0) is 42.8 Å². The van der Waals surface area contributed by atoms with Gasteiger partial charge >= 0.3 is 0 Å². The summed E-state index contributed by atoms with van der Waals surface area (Å²) in [5.74, 6) is -0.262. The number of hydrogen-bond acceptors (Lipinski definition) is 4. The standard InChI is InChI=1S/C19H17FN4O/c1-13-11-17(18(25)21-12-14-7-9-15(20)10-8-14)24-19(22-13)23-16-5-3-2-4-6-16/h2-11H,12H2,1H3,(H,21,25)(H,22,23,24). The highest BCUT2D eigenvalue weighted by atomic mass is 19.1. The highest BCUT2D eigenvalue weighted by Crippen LogP contribution is 2.13. The minimum Gasteiger partial charge on any atom is -0.347 e. The lowest BCUT2D eigenvalue weighted by Crippen LogP contribution is -2.24. The number of carbonyl (C=O) groups is 1. The molecule has 5 nitrogen and oxygen atoms in total. The fraction of sp³-hybridized carbons (Fsp3) is 0.105. The Labute approximate surface area is 145 Å². The number of halogens is 1. The topological polar surface area (TPSA) is 66.9 Å². The predicted octanol–water partition coefficient (Wildman–Crippen LogP) is 3.60. The maximum absolute atomic E-state index is 12.9. The number of amides is 1. The summed E-state index contributed by atoms with van der Waals surface area (Å²) in [5.41, 5.74) is 2.60. The summed E-state index contributed by atoms with van der Waals surface area (Å²) in [7, 11) is 0. The Kier molecular flexibility index (Phi) is 4.99. The zero-order valence-corrected chi connectivity index (χ0v) is 13.7. The van der Waals surface area contributed by atoms with Gasteiger partial charge in [-0.3, -0.25) is 4.79 Å². The Morgan fingerprint density at radius 3 is 2.48 bits per heavy atom. The van der Waals surface area contributed by atoms with E-state index in [4.69, 9.17) is 0 Å². The molecule has 0 aliphatic carbocycles. The Morgan fingerprint density at radius 1 is 1.04 bits per heavy atom. The molecule has 0 saturated heterocycles. The molecule has 0 atom stereocenters. The van der Waals surface area contributed by atoms with Crippen molar-refractivity contribution in [1.82, 2.24) is 15.3 Å². The van der Waals surface area contributed by atoms with E-state index in [0.29, 0.717) is 18.2 Å². The van der Waals surface area contributed by atoms with Gasteiger partial charge in [-0.25, -0.2) is 14.4 Å². The number of anilines is 2. The van der Waals surface area contributed by atoms with Crippen molar-refractivity contribution < 1.29 is 9.18 Å². The van der Waals surface area contributed by atoms with E-state index in [0.717, 1.165) is 11.3 Å². The van der Waals surface area contributed by atoms with Gasteiger partial charge in [0.25, 0.3) is 5.91 Å². The molecule has 0 aliphatic heterocycles. The van der Waals surface area contributed by atoms with Gasteiger partial charge in [-0.15, -0.1) is 0 Å². The third-order valence-electron chi connectivity index (χ3n) is 3.48. The molecular weight excluding hydrogens is 319 g/mol. The average Bonchev–Trinajstić information content (AvgIpc) is 2.61. The summed E-state index contributed by atoms with van der Waals surface area (Å²) >= 11 is 0. The molecule has 6 heteroatoms. The summed E-state index contributed by atoms with van der Waals surface area (Å²) < 4.78 is 12.9. The minimum absolute atomic E-state index is 0.271. The van der Waals surface area contributed by atoms with Crippen LogP contribution in [0.3, 0.4) is 0 Å². The molecule has 0 bridgehead atoms. The molecule has 1 heterocycles. The molecule has 0 saturated carbocycles. The van der Waals surface area contributed by atoms with Crippen molar-refractivity contribution in [3.8, 4) is 0 Å². The van der Waals surface area contributed by atoms with Gasteiger partial charge < -0.3 is 10.6 Å². The van der Waals surface area contributed by atoms with Crippen LogP contribution in [-0.4, -0.2) is 15.9 Å². The highest BCUT2D eigenvalue weighted by Gasteiger charge is 2.10. The SMILES string of the molecule is Cc1cc(C(=O)NCc2ccc(F)cc2)nc(Nc2ccccc2)n1. The number of rotatable bonds is 5. The normalized spacial score (nSPS) is 10.3. The third kappa shape index (κ3) is 4.60. The van der Waals surface area contributed by atoms with Crippen LogP contribution in [0.5, 0.6) is 0 Å². The highest BCUT2D eigenvalue weighted by molar-refractivity contribution is 5.92. The first kappa shape index (κ1) is 16.6. The van der Waals surface area contributed by atoms with Crippen molar-refractivity contribution in [3.63, 3.8) is 0 Å². The summed E-state index contributed by atoms with van der Waals surface area (Å²) in [6.45, 7) is 2.10. The van der Waals surface area contributed by atoms with Crippen LogP contribution < -0.4 is 10.6 Å². The second-order valence-electron chi connectivity index (χ2n) is 5.52. The lowest BCUT2D eigenvalue weighted by atomic mass is 10.2. The Hall–Kier alpha value is -3.28. The molecule has 25 heavy (non-hydrogen) atoms. The molecular formula is C19H17FN4O. The van der Waals surface area contributed by atoms with E-state index >= 15 is 0 Å². The molecule has 2 aromatic carbocycles. The molecule has 3 rings (SSSR count). The molecule has 0 fully saturated rings. The predicted molar refractivity (Wildman–Crippen MR) is 94.1 cm³/mol. The van der Waals surface area contributed by atoms with Crippen LogP contribution >= 0.6 is 0 Å². The van der Waals surface area contributed by atoms with Gasteiger partial charge in [0.2, 0.25) is 5.95 Å². The van der Waals surface area contributed by atoms with Crippen LogP contribution in [0.1, 0.15) is 21.7 Å². The zero-order chi connectivity index (χ0) is 17.6. The van der Waals surface area contributed by atoms with Gasteiger partial charge in [0.1, 0.15) is 11.5 Å². The van der Waals surface area contributed by atoms with Crippen LogP contribution in [-0.2, 0) is 6.54 Å². The number of nitrogens with zero attached hydrogens (tertiary/aromatic N) is 2. The summed E-state index contributed by atoms with van der Waals surface area (Å²) in [4.78, 5) is 20.9. The van der Waals surface area contributed by atoms with E-state index in [1.165, 1.54) is 12.1 Å². The smallest absolute Gasteiger partial charge is 0.270 e. The molecule has 2 N–H and O–H groups in total. The van der Waals surface area contributed by atoms with Crippen LogP contribution in [0.25, 0.3) is 0 Å². The number of aryl methyl sites for hydroxylation is 1. The first-order valence-electron chi connectivity index (χ1n) is 7.80. The van der Waals surface area contributed by atoms with E-state index in [2.05, 4.69) is 20.6 Å². The van der Waals surface area contributed by atoms with Crippen molar-refractivity contribution in [1.29, 1.82) is 0 Å². The Balaban J connectivity index is 1.70. The van der Waals surface area contributed by atoms with Gasteiger partial charge in [0.05, 0.1) is 0 Å². The summed E-state index contributed by atoms with van der Waals surface area (Å²) in [5, 5.41) is 5.85. The zero-order valence-electron chi connectivity index (χ0n) is 13.7. The second-order valence-corrected chi connectivity index (χ2v) is 5.52. The van der Waals surface area contributed by atoms with Crippen molar-refractivity contribution in [2.45, 2.75) is 13.5 Å². The van der Waals surface area contributed by atoms with E-state index in [9.17, 15) is 9.18 Å². The molecule has 1 amide bonds. The molecule has 0 aliphatic rings. The molecule has 126 valence electrons. The maximum Gasteiger partial charge on any atom is 0.270 e. The number of aromatic nitrogens is 2. The fourth-order valence-electron chi connectivity index (χ4n) is 2.27. The average molecular weight is 336 g/mol. The van der Waals surface area contributed by atoms with Crippen molar-refractivity contribution in [3.05, 3.63) is 83.4 Å². The van der Waals surface area contributed by atoms with Crippen LogP contribution in [0, 0.1) is 12.7 Å². The summed E-state index contributed by atoms with van der Waals surface area (Å²) in [6.07, 6.45) is 0. The monoisotopic (exact) mass is 336 g/mol. The molecule has 3 aromatic rings. The number of hydrogen-bond donors (Lipinski definition) is 2. The number of para-hydroxylation sites is 1. The van der Waals surface area contributed by atoms with E-state index in [-0.39, 0.29) is 17.4 Å². The number of carbonyl (C=O) groups excluding carboxylic acids is 1. The molecule has 0 spiro atoms. The maximum atomic E-state index is 12.9. The largest absolute Gasteiger partial charge is 0.347 e. The van der Waals surface area contributed by atoms with Gasteiger partial charge in [-0.1, -0.05) is 30.3 Å². The van der Waals surface area contributed by atoms with E-state index in [1.807, 2.05) is 30.3 Å². The van der Waals surface area contributed by atoms with Gasteiger partial charge in [0, 0.05) is 17.9 Å². The number of benzene rings is 2. The van der Waals surface area contributed by atoms with Gasteiger partial charge in [0.15, 0.2) is 0 Å². The quantitative estimate of drug-likeness (QED) is 0.747. The van der Waals surface area contributed by atoms with Gasteiger partial charge in [-0.2, -0.15) is 0 Å². The lowest BCUT2D eigenvalue weighted by molar-refractivity contribution is 0.0945. The minimum atomic E-state index is -0.314. The summed E-state index contributed by atoms with van der Waals surface area (Å²) in [6, 6.07) is 17.1. The number of nitrogens with one attached hydrogen (secondary N) is 2. The Bertz CT molecular complexity index is 866. The van der Waals surface area contributed by atoms with E-state index in [1.54, 1.807) is 25.1 Å². The van der Waals surface area contributed by atoms with Crippen molar-refractivity contribution in [2.24, 2.45) is 0 Å². The van der Waals surface area contributed by atoms with E-state index < -0.39 is 0 Å². The Morgan fingerprint density at radius 2 is 1.76 bits per heavy atom. The molecule has 0 unspecified atom stereocenters. The molecule has 1 aromatic heterocycles. The van der Waals surface area contributed by atoms with Crippen LogP contribution in [0.15, 0.2) is 60.7 Å². The second kappa shape index (κ2) is 7.53. The first-order valence-corrected chi connectivity index (χ1v) is 7.80. The van der Waals surface area contributed by atoms with Crippen molar-refractivity contribution in [2.75, 3.05) is 5.32 Å².